The van der Waals surface area contributed by atoms with E-state index in [2.05, 4.69) is 15.2 Å². The van der Waals surface area contributed by atoms with E-state index in [0.29, 0.717) is 38.7 Å². The van der Waals surface area contributed by atoms with E-state index in [1.54, 1.807) is 19.2 Å². The summed E-state index contributed by atoms with van der Waals surface area (Å²) in [5.41, 5.74) is 2.17. The molecule has 4 rings (SSSR count). The summed E-state index contributed by atoms with van der Waals surface area (Å²) >= 11 is 0. The molecule has 4 aromatic rings. The van der Waals surface area contributed by atoms with E-state index in [9.17, 15) is 9.18 Å². The van der Waals surface area contributed by atoms with Crippen LogP contribution < -0.4 is 10.1 Å². The Morgan fingerprint density at radius 1 is 0.944 bits per heavy atom. The van der Waals surface area contributed by atoms with E-state index in [4.69, 9.17) is 13.9 Å². The second kappa shape index (κ2) is 12.6. The number of para-hydroxylation sites is 1. The summed E-state index contributed by atoms with van der Waals surface area (Å²) in [6, 6.07) is 23.8. The van der Waals surface area contributed by atoms with Gasteiger partial charge in [-0.05, 0) is 47.5 Å². The zero-order valence-corrected chi connectivity index (χ0v) is 20.0. The molecule has 0 atom stereocenters. The Labute approximate surface area is 209 Å². The minimum absolute atomic E-state index is 0.209. The first-order valence-corrected chi connectivity index (χ1v) is 11.6. The SMILES string of the molecule is COCCNC(=O)c1coc(CN(Cc2ccc(F)cc2)Cc2cccc(Oc3ccccc3)c2)n1. The number of oxazole rings is 1. The zero-order chi connectivity index (χ0) is 25.2. The van der Waals surface area contributed by atoms with Crippen LogP contribution >= 0.6 is 0 Å². The molecular formula is C28H28FN3O4. The number of benzene rings is 3. The fourth-order valence-electron chi connectivity index (χ4n) is 3.64. The van der Waals surface area contributed by atoms with Crippen molar-refractivity contribution in [3.63, 3.8) is 0 Å². The highest BCUT2D eigenvalue weighted by molar-refractivity contribution is 5.91. The lowest BCUT2D eigenvalue weighted by Gasteiger charge is -2.21. The smallest absolute Gasteiger partial charge is 0.273 e. The summed E-state index contributed by atoms with van der Waals surface area (Å²) in [6.45, 7) is 2.24. The van der Waals surface area contributed by atoms with Crippen LogP contribution in [-0.2, 0) is 24.4 Å². The lowest BCUT2D eigenvalue weighted by Crippen LogP contribution is -2.27. The number of aromatic nitrogens is 1. The van der Waals surface area contributed by atoms with Gasteiger partial charge in [-0.3, -0.25) is 9.69 Å². The van der Waals surface area contributed by atoms with Crippen molar-refractivity contribution in [3.05, 3.63) is 114 Å². The van der Waals surface area contributed by atoms with Crippen molar-refractivity contribution < 1.29 is 23.1 Å². The molecule has 0 saturated heterocycles. The molecule has 0 saturated carbocycles. The quantitative estimate of drug-likeness (QED) is 0.276. The number of methoxy groups -OCH3 is 1. The molecule has 0 aliphatic carbocycles. The highest BCUT2D eigenvalue weighted by atomic mass is 19.1. The van der Waals surface area contributed by atoms with Crippen molar-refractivity contribution in [2.24, 2.45) is 0 Å². The maximum atomic E-state index is 13.4. The number of hydrogen-bond acceptors (Lipinski definition) is 6. The first kappa shape index (κ1) is 25.1. The van der Waals surface area contributed by atoms with Crippen LogP contribution in [0.3, 0.4) is 0 Å². The van der Waals surface area contributed by atoms with E-state index in [1.807, 2.05) is 54.6 Å². The number of carbonyl (C=O) groups is 1. The van der Waals surface area contributed by atoms with Crippen LogP contribution in [0.25, 0.3) is 0 Å². The largest absolute Gasteiger partial charge is 0.457 e. The Morgan fingerprint density at radius 3 is 2.47 bits per heavy atom. The Kier molecular flexibility index (Phi) is 8.80. The van der Waals surface area contributed by atoms with E-state index in [0.717, 1.165) is 22.6 Å². The molecule has 1 N–H and O–H groups in total. The topological polar surface area (TPSA) is 76.8 Å². The van der Waals surface area contributed by atoms with Gasteiger partial charge < -0.3 is 19.2 Å². The molecule has 0 spiro atoms. The fourth-order valence-corrected chi connectivity index (χ4v) is 3.64. The Balaban J connectivity index is 1.48. The molecule has 0 aliphatic rings. The molecule has 1 amide bonds. The molecule has 7 nitrogen and oxygen atoms in total. The van der Waals surface area contributed by atoms with Crippen LogP contribution in [-0.4, -0.2) is 36.1 Å². The molecule has 1 heterocycles. The number of hydrogen-bond donors (Lipinski definition) is 1. The van der Waals surface area contributed by atoms with E-state index >= 15 is 0 Å². The van der Waals surface area contributed by atoms with E-state index in [1.165, 1.54) is 18.4 Å². The van der Waals surface area contributed by atoms with Gasteiger partial charge in [-0.25, -0.2) is 9.37 Å². The molecule has 186 valence electrons. The first-order valence-electron chi connectivity index (χ1n) is 11.6. The zero-order valence-electron chi connectivity index (χ0n) is 20.0. The van der Waals surface area contributed by atoms with Gasteiger partial charge in [-0.2, -0.15) is 0 Å². The average molecular weight is 490 g/mol. The molecule has 8 heteroatoms. The van der Waals surface area contributed by atoms with Crippen LogP contribution in [0.2, 0.25) is 0 Å². The monoisotopic (exact) mass is 489 g/mol. The highest BCUT2D eigenvalue weighted by Crippen LogP contribution is 2.23. The minimum atomic E-state index is -0.321. The number of carbonyl (C=O) groups excluding carboxylic acids is 1. The molecule has 0 fully saturated rings. The summed E-state index contributed by atoms with van der Waals surface area (Å²) < 4.78 is 29.9. The number of amides is 1. The average Bonchev–Trinajstić information content (AvgIpc) is 3.35. The normalized spacial score (nSPS) is 11.0. The van der Waals surface area contributed by atoms with Crippen molar-refractivity contribution in [1.29, 1.82) is 0 Å². The molecule has 0 unspecified atom stereocenters. The highest BCUT2D eigenvalue weighted by Gasteiger charge is 2.16. The van der Waals surface area contributed by atoms with Crippen LogP contribution in [0.15, 0.2) is 89.5 Å². The Hall–Kier alpha value is -4.01. The predicted octanol–water partition coefficient (Wildman–Crippen LogP) is 5.18. The summed E-state index contributed by atoms with van der Waals surface area (Å²) in [6.07, 6.45) is 1.35. The van der Waals surface area contributed by atoms with Crippen LogP contribution in [0.4, 0.5) is 4.39 Å². The van der Waals surface area contributed by atoms with Gasteiger partial charge in [0.15, 0.2) is 5.69 Å². The Bertz CT molecular complexity index is 1250. The molecule has 36 heavy (non-hydrogen) atoms. The van der Waals surface area contributed by atoms with Crippen molar-refractivity contribution >= 4 is 5.91 Å². The van der Waals surface area contributed by atoms with Gasteiger partial charge in [-0.15, -0.1) is 0 Å². The molecule has 0 bridgehead atoms. The van der Waals surface area contributed by atoms with Crippen LogP contribution in [0, 0.1) is 5.82 Å². The van der Waals surface area contributed by atoms with Gasteiger partial charge in [-0.1, -0.05) is 42.5 Å². The second-order valence-electron chi connectivity index (χ2n) is 8.21. The molecule has 0 aliphatic heterocycles. The number of halogens is 1. The van der Waals surface area contributed by atoms with Gasteiger partial charge in [0.25, 0.3) is 5.91 Å². The number of nitrogens with zero attached hydrogens (tertiary/aromatic N) is 2. The van der Waals surface area contributed by atoms with Crippen LogP contribution in [0.5, 0.6) is 11.5 Å². The lowest BCUT2D eigenvalue weighted by molar-refractivity contribution is 0.0932. The third-order valence-corrected chi connectivity index (χ3v) is 5.34. The van der Waals surface area contributed by atoms with Crippen LogP contribution in [0.1, 0.15) is 27.5 Å². The summed E-state index contributed by atoms with van der Waals surface area (Å²) in [5.74, 6) is 1.29. The van der Waals surface area contributed by atoms with Gasteiger partial charge in [0.1, 0.15) is 23.6 Å². The van der Waals surface area contributed by atoms with Gasteiger partial charge in [0.05, 0.1) is 13.2 Å². The van der Waals surface area contributed by atoms with Gasteiger partial charge >= 0.3 is 0 Å². The Morgan fingerprint density at radius 2 is 1.69 bits per heavy atom. The van der Waals surface area contributed by atoms with Crippen molar-refractivity contribution in [1.82, 2.24) is 15.2 Å². The first-order chi connectivity index (χ1) is 17.6. The maximum absolute atomic E-state index is 13.4. The number of nitrogens with one attached hydrogen (secondary N) is 1. The summed E-state index contributed by atoms with van der Waals surface area (Å²) in [5, 5.41) is 2.73. The number of rotatable bonds is 12. The third kappa shape index (κ3) is 7.49. The maximum Gasteiger partial charge on any atom is 0.273 e. The lowest BCUT2D eigenvalue weighted by atomic mass is 10.1. The predicted molar refractivity (Wildman–Crippen MR) is 133 cm³/mol. The second-order valence-corrected chi connectivity index (χ2v) is 8.21. The van der Waals surface area contributed by atoms with E-state index < -0.39 is 0 Å². The molecular weight excluding hydrogens is 461 g/mol. The van der Waals surface area contributed by atoms with Gasteiger partial charge in [0.2, 0.25) is 5.89 Å². The van der Waals surface area contributed by atoms with Crippen molar-refractivity contribution in [2.45, 2.75) is 19.6 Å². The molecule has 1 aromatic heterocycles. The van der Waals surface area contributed by atoms with Crippen molar-refractivity contribution in [3.8, 4) is 11.5 Å². The molecule has 0 radical (unpaired) electrons. The fraction of sp³-hybridized carbons (Fsp3) is 0.214. The summed E-state index contributed by atoms with van der Waals surface area (Å²) in [4.78, 5) is 18.7. The van der Waals surface area contributed by atoms with Gasteiger partial charge in [0, 0.05) is 26.7 Å². The summed E-state index contributed by atoms with van der Waals surface area (Å²) in [7, 11) is 1.57. The van der Waals surface area contributed by atoms with E-state index in [-0.39, 0.29) is 17.4 Å². The van der Waals surface area contributed by atoms with Crippen molar-refractivity contribution in [2.75, 3.05) is 20.3 Å². The standard InChI is InChI=1S/C28H28FN3O4/c1-34-15-14-30-28(33)26-20-35-27(31-26)19-32(17-21-10-12-23(29)13-11-21)18-22-6-5-9-25(16-22)36-24-7-3-2-4-8-24/h2-13,16,20H,14-15,17-19H2,1H3,(H,30,33). The minimum Gasteiger partial charge on any atom is -0.457 e. The number of ether oxygens (including phenoxy) is 2. The third-order valence-electron chi connectivity index (χ3n) is 5.34. The molecule has 3 aromatic carbocycles.